The number of carbonyl (C=O) groups excluding carboxylic acids is 2. The molecule has 3 aliphatic rings. The molecule has 1 amide bonds. The summed E-state index contributed by atoms with van der Waals surface area (Å²) in [6.07, 6.45) is -3.00. The number of anilines is 5. The molecule has 0 spiro atoms. The summed E-state index contributed by atoms with van der Waals surface area (Å²) < 4.78 is 35.3. The number of ketones is 1. The van der Waals surface area contributed by atoms with Crippen molar-refractivity contribution in [3.8, 4) is 11.5 Å². The predicted molar refractivity (Wildman–Crippen MR) is 163 cm³/mol. The molecule has 0 bridgehead atoms. The summed E-state index contributed by atoms with van der Waals surface area (Å²) in [5.41, 5.74) is 19.6. The molecule has 0 aliphatic carbocycles. The number of aliphatic hydroxyl groups is 1. The van der Waals surface area contributed by atoms with E-state index in [0.717, 1.165) is 0 Å². The van der Waals surface area contributed by atoms with Crippen molar-refractivity contribution < 1.29 is 33.0 Å². The lowest BCUT2D eigenvalue weighted by atomic mass is 10.0. The Balaban J connectivity index is 1.14. The first-order valence-corrected chi connectivity index (χ1v) is 14.7. The van der Waals surface area contributed by atoms with Gasteiger partial charge in [0.1, 0.15) is 0 Å². The van der Waals surface area contributed by atoms with Crippen LogP contribution >= 0.6 is 0 Å². The second-order valence-electron chi connectivity index (χ2n) is 11.6. The van der Waals surface area contributed by atoms with Gasteiger partial charge in [-0.1, -0.05) is 0 Å². The lowest BCUT2D eigenvalue weighted by Crippen LogP contribution is -2.53. The van der Waals surface area contributed by atoms with Crippen molar-refractivity contribution in [2.45, 2.75) is 49.7 Å². The van der Waals surface area contributed by atoms with E-state index in [0.29, 0.717) is 50.1 Å². The molecule has 4 atom stereocenters. The van der Waals surface area contributed by atoms with Gasteiger partial charge in [-0.2, -0.15) is 15.0 Å². The lowest BCUT2D eigenvalue weighted by molar-refractivity contribution is -0.286. The Bertz CT molecular complexity index is 1600. The molecular formula is C29H34F2N10O5. The highest BCUT2D eigenvalue weighted by molar-refractivity contribution is 6.11. The van der Waals surface area contributed by atoms with E-state index in [1.807, 2.05) is 9.80 Å². The normalized spacial score (nSPS) is 23.3. The van der Waals surface area contributed by atoms with Crippen LogP contribution in [0.25, 0.3) is 0 Å². The van der Waals surface area contributed by atoms with E-state index in [-0.39, 0.29) is 59.5 Å². The van der Waals surface area contributed by atoms with Crippen LogP contribution in [-0.4, -0.2) is 88.5 Å². The van der Waals surface area contributed by atoms with Crippen LogP contribution < -0.4 is 47.1 Å². The molecule has 0 saturated carbocycles. The maximum Gasteiger partial charge on any atom is 0.586 e. The van der Waals surface area contributed by atoms with Crippen molar-refractivity contribution in [2.24, 2.45) is 17.2 Å². The molecule has 2 saturated heterocycles. The molecule has 17 heteroatoms. The number of hydrogen-bond donors (Lipinski definition) is 6. The molecular weight excluding hydrogens is 606 g/mol. The third-order valence-electron chi connectivity index (χ3n) is 7.79. The average molecular weight is 641 g/mol. The highest BCUT2D eigenvalue weighted by Crippen LogP contribution is 2.42. The molecule has 3 aliphatic heterocycles. The number of benzene rings is 2. The Labute approximate surface area is 262 Å². The first-order valence-electron chi connectivity index (χ1n) is 14.7. The van der Waals surface area contributed by atoms with Crippen molar-refractivity contribution in [1.29, 1.82) is 0 Å². The number of carbonyl (C=O) groups is 2. The number of nitrogens with zero attached hydrogens (tertiary/aromatic N) is 5. The maximum atomic E-state index is 13.3. The van der Waals surface area contributed by atoms with Crippen LogP contribution in [0.15, 0.2) is 42.5 Å². The molecule has 244 valence electrons. The number of aliphatic hydroxyl groups excluding tert-OH is 1. The third-order valence-corrected chi connectivity index (χ3v) is 7.79. The van der Waals surface area contributed by atoms with E-state index in [1.165, 1.54) is 18.2 Å². The van der Waals surface area contributed by atoms with Crippen molar-refractivity contribution in [2.75, 3.05) is 46.7 Å². The summed E-state index contributed by atoms with van der Waals surface area (Å²) in [4.78, 5) is 43.0. The van der Waals surface area contributed by atoms with Crippen molar-refractivity contribution in [1.82, 2.24) is 15.0 Å². The smallest absolute Gasteiger partial charge is 0.395 e. The standard InChI is InChI=1S/C29H34F2N10O5/c30-29(31)45-23-6-5-20(9-24(23)46-29)35-25(44)10-22(43)15-1-3-19(4-2-15)36-26-37-27(40-11-16(32)7-17(33)12-40)39-28(38-26)41-13-18(34)8-21(41)14-42/h1-6,9,16-18,21,42H,7-8,10-14,32-34H2,(H,35,44)(H,36,37,38,39)/t16-,17+,18-,21-/m1/s1. The SMILES string of the molecule is N[C@@H]1C[C@H](N)CN(c2nc(Nc3ccc(C(=O)CC(=O)Nc4ccc5c(c4)OC(F)(F)O5)cc3)nc(N3C[C@H](N)C[C@@H]3CO)n2)C1. The number of nitrogens with two attached hydrogens (primary N) is 3. The van der Waals surface area contributed by atoms with Crippen LogP contribution in [0.3, 0.4) is 0 Å². The van der Waals surface area contributed by atoms with Gasteiger partial charge >= 0.3 is 6.29 Å². The zero-order valence-corrected chi connectivity index (χ0v) is 24.6. The molecule has 0 unspecified atom stereocenters. The summed E-state index contributed by atoms with van der Waals surface area (Å²) >= 11 is 0. The predicted octanol–water partition coefficient (Wildman–Crippen LogP) is 0.911. The highest BCUT2D eigenvalue weighted by atomic mass is 19.3. The van der Waals surface area contributed by atoms with Crippen molar-refractivity contribution in [3.63, 3.8) is 0 Å². The Morgan fingerprint density at radius 2 is 1.54 bits per heavy atom. The van der Waals surface area contributed by atoms with Gasteiger partial charge in [0.05, 0.1) is 19.1 Å². The van der Waals surface area contributed by atoms with Crippen LogP contribution in [0.4, 0.5) is 38.0 Å². The van der Waals surface area contributed by atoms with Gasteiger partial charge in [-0.3, -0.25) is 9.59 Å². The number of piperidine rings is 1. The van der Waals surface area contributed by atoms with E-state index >= 15 is 0 Å². The van der Waals surface area contributed by atoms with Crippen molar-refractivity contribution >= 4 is 40.9 Å². The van der Waals surface area contributed by atoms with E-state index in [1.54, 1.807) is 24.3 Å². The number of alkyl halides is 2. The van der Waals surface area contributed by atoms with Crippen LogP contribution in [-0.2, 0) is 4.79 Å². The largest absolute Gasteiger partial charge is 0.586 e. The lowest BCUT2D eigenvalue weighted by Gasteiger charge is -2.35. The number of nitrogens with one attached hydrogen (secondary N) is 2. The second kappa shape index (κ2) is 12.6. The zero-order valence-electron chi connectivity index (χ0n) is 24.6. The number of Topliss-reactive ketones (excluding diaryl/α,β-unsaturated/α-hetero) is 1. The summed E-state index contributed by atoms with van der Waals surface area (Å²) in [7, 11) is 0. The molecule has 15 nitrogen and oxygen atoms in total. The fourth-order valence-electron chi connectivity index (χ4n) is 5.74. The number of aromatic nitrogens is 3. The Kier molecular flexibility index (Phi) is 8.56. The van der Waals surface area contributed by atoms with Gasteiger partial charge < -0.3 is 52.2 Å². The minimum atomic E-state index is -3.78. The van der Waals surface area contributed by atoms with E-state index in [4.69, 9.17) is 17.2 Å². The van der Waals surface area contributed by atoms with Gasteiger partial charge in [0.2, 0.25) is 23.8 Å². The van der Waals surface area contributed by atoms with Gasteiger partial charge in [-0.05, 0) is 49.2 Å². The molecule has 3 aromatic rings. The average Bonchev–Trinajstić information content (AvgIpc) is 3.53. The van der Waals surface area contributed by atoms with Crippen LogP contribution in [0.1, 0.15) is 29.6 Å². The Morgan fingerprint density at radius 1 is 0.891 bits per heavy atom. The quantitative estimate of drug-likeness (QED) is 0.141. The Hall–Kier alpha value is -4.71. The summed E-state index contributed by atoms with van der Waals surface area (Å²) in [5.74, 6) is -0.528. The van der Waals surface area contributed by atoms with Gasteiger partial charge in [-0.15, -0.1) is 8.78 Å². The third kappa shape index (κ3) is 7.07. The zero-order chi connectivity index (χ0) is 32.6. The first-order chi connectivity index (χ1) is 21.9. The van der Waals surface area contributed by atoms with E-state index < -0.39 is 24.4 Å². The number of fused-ring (bicyclic) bond motifs is 1. The fourth-order valence-corrected chi connectivity index (χ4v) is 5.74. The summed E-state index contributed by atoms with van der Waals surface area (Å²) in [6.45, 7) is 1.37. The van der Waals surface area contributed by atoms with E-state index in [2.05, 4.69) is 35.1 Å². The maximum absolute atomic E-state index is 13.3. The van der Waals surface area contributed by atoms with Crippen LogP contribution in [0.5, 0.6) is 11.5 Å². The number of amides is 1. The summed E-state index contributed by atoms with van der Waals surface area (Å²) in [6, 6.07) is 9.46. The molecule has 4 heterocycles. The van der Waals surface area contributed by atoms with Crippen molar-refractivity contribution in [3.05, 3.63) is 48.0 Å². The monoisotopic (exact) mass is 640 g/mol. The van der Waals surface area contributed by atoms with Crippen LogP contribution in [0, 0.1) is 0 Å². The number of ether oxygens (including phenoxy) is 2. The molecule has 46 heavy (non-hydrogen) atoms. The van der Waals surface area contributed by atoms with Gasteiger partial charge in [0.15, 0.2) is 17.3 Å². The molecule has 6 rings (SSSR count). The number of halogens is 2. The fraction of sp³-hybridized carbons (Fsp3) is 0.414. The van der Waals surface area contributed by atoms with Gasteiger partial charge in [0.25, 0.3) is 0 Å². The molecule has 0 radical (unpaired) electrons. The summed E-state index contributed by atoms with van der Waals surface area (Å²) in [5, 5.41) is 15.6. The number of hydrogen-bond acceptors (Lipinski definition) is 14. The second-order valence-corrected chi connectivity index (χ2v) is 11.6. The van der Waals surface area contributed by atoms with Gasteiger partial charge in [0, 0.05) is 60.8 Å². The van der Waals surface area contributed by atoms with Crippen LogP contribution in [0.2, 0.25) is 0 Å². The minimum Gasteiger partial charge on any atom is -0.395 e. The topological polar surface area (TPSA) is 220 Å². The van der Waals surface area contributed by atoms with Gasteiger partial charge in [-0.25, -0.2) is 0 Å². The molecule has 9 N–H and O–H groups in total. The highest BCUT2D eigenvalue weighted by Gasteiger charge is 2.43. The van der Waals surface area contributed by atoms with E-state index in [9.17, 15) is 23.5 Å². The molecule has 1 aromatic heterocycles. The molecule has 2 aromatic carbocycles. The first kappa shape index (κ1) is 31.3. The number of rotatable bonds is 9. The minimum absolute atomic E-state index is 0.111. The molecule has 2 fully saturated rings. The Morgan fingerprint density at radius 3 is 2.26 bits per heavy atom.